The molecule has 2 rings (SSSR count). The Bertz CT molecular complexity index is 642. The number of aliphatic hydroxyl groups excluding tert-OH is 1. The van der Waals surface area contributed by atoms with Gasteiger partial charge in [-0.2, -0.15) is 0 Å². The minimum absolute atomic E-state index is 0.446. The second-order valence-corrected chi connectivity index (χ2v) is 4.92. The van der Waals surface area contributed by atoms with E-state index in [1.807, 2.05) is 48.5 Å². The van der Waals surface area contributed by atoms with Crippen molar-refractivity contribution in [1.29, 1.82) is 0 Å². The third-order valence-corrected chi connectivity index (χ3v) is 3.30. The first kappa shape index (κ1) is 15.1. The van der Waals surface area contributed by atoms with Crippen molar-refractivity contribution in [3.8, 4) is 5.75 Å². The van der Waals surface area contributed by atoms with Gasteiger partial charge < -0.3 is 9.84 Å². The SMILES string of the molecule is C=Cc1cccc(COc2cc(C=C)ccc2C(C)O)c1. The topological polar surface area (TPSA) is 29.5 Å². The molecule has 1 N–H and O–H groups in total. The van der Waals surface area contributed by atoms with Crippen LogP contribution in [-0.2, 0) is 6.61 Å². The van der Waals surface area contributed by atoms with Gasteiger partial charge in [0.2, 0.25) is 0 Å². The molecule has 0 saturated carbocycles. The van der Waals surface area contributed by atoms with Crippen LogP contribution in [0.15, 0.2) is 55.6 Å². The molecular weight excluding hydrogens is 260 g/mol. The number of benzene rings is 2. The highest BCUT2D eigenvalue weighted by molar-refractivity contribution is 5.53. The fraction of sp³-hybridized carbons (Fsp3) is 0.158. The third kappa shape index (κ3) is 3.83. The Morgan fingerprint density at radius 3 is 2.48 bits per heavy atom. The van der Waals surface area contributed by atoms with E-state index < -0.39 is 6.10 Å². The Kier molecular flexibility index (Phi) is 4.96. The Morgan fingerprint density at radius 1 is 1.10 bits per heavy atom. The van der Waals surface area contributed by atoms with Crippen LogP contribution in [0.3, 0.4) is 0 Å². The summed E-state index contributed by atoms with van der Waals surface area (Å²) in [6.45, 7) is 9.70. The Labute approximate surface area is 126 Å². The van der Waals surface area contributed by atoms with E-state index in [9.17, 15) is 5.11 Å². The molecule has 1 unspecified atom stereocenters. The minimum atomic E-state index is -0.571. The Morgan fingerprint density at radius 2 is 1.81 bits per heavy atom. The summed E-state index contributed by atoms with van der Waals surface area (Å²) in [7, 11) is 0. The van der Waals surface area contributed by atoms with E-state index in [2.05, 4.69) is 13.2 Å². The molecule has 0 aliphatic carbocycles. The standard InChI is InChI=1S/C19H20O2/c1-4-15-7-6-8-17(11-15)13-21-19-12-16(5-2)9-10-18(19)14(3)20/h4-12,14,20H,1-2,13H2,3H3. The average Bonchev–Trinajstić information content (AvgIpc) is 2.52. The van der Waals surface area contributed by atoms with Crippen LogP contribution in [0.2, 0.25) is 0 Å². The molecule has 0 bridgehead atoms. The predicted octanol–water partition coefficient (Wildman–Crippen LogP) is 4.60. The van der Waals surface area contributed by atoms with Crippen molar-refractivity contribution >= 4 is 12.2 Å². The number of rotatable bonds is 6. The molecule has 0 amide bonds. The molecule has 0 aliphatic heterocycles. The number of hydrogen-bond acceptors (Lipinski definition) is 2. The molecule has 2 heteroatoms. The lowest BCUT2D eigenvalue weighted by molar-refractivity contribution is 0.190. The molecule has 2 nitrogen and oxygen atoms in total. The second kappa shape index (κ2) is 6.91. The van der Waals surface area contributed by atoms with E-state index >= 15 is 0 Å². The van der Waals surface area contributed by atoms with Gasteiger partial charge in [-0.3, -0.25) is 0 Å². The summed E-state index contributed by atoms with van der Waals surface area (Å²) < 4.78 is 5.88. The van der Waals surface area contributed by atoms with Crippen LogP contribution in [0.1, 0.15) is 35.3 Å². The molecule has 21 heavy (non-hydrogen) atoms. The van der Waals surface area contributed by atoms with E-state index in [4.69, 9.17) is 4.74 Å². The van der Waals surface area contributed by atoms with Crippen molar-refractivity contribution < 1.29 is 9.84 Å². The van der Waals surface area contributed by atoms with Crippen molar-refractivity contribution in [3.63, 3.8) is 0 Å². The van der Waals surface area contributed by atoms with Gasteiger partial charge in [0, 0.05) is 5.56 Å². The molecule has 108 valence electrons. The van der Waals surface area contributed by atoms with Crippen LogP contribution in [0.5, 0.6) is 5.75 Å². The number of aliphatic hydroxyl groups is 1. The summed E-state index contributed by atoms with van der Waals surface area (Å²) >= 11 is 0. The maximum Gasteiger partial charge on any atom is 0.126 e. The molecule has 0 spiro atoms. The fourth-order valence-electron chi connectivity index (χ4n) is 2.12. The summed E-state index contributed by atoms with van der Waals surface area (Å²) in [5.74, 6) is 0.686. The average molecular weight is 280 g/mol. The molecule has 0 heterocycles. The predicted molar refractivity (Wildman–Crippen MR) is 88.0 cm³/mol. The zero-order valence-electron chi connectivity index (χ0n) is 12.3. The van der Waals surface area contributed by atoms with Gasteiger partial charge in [-0.05, 0) is 35.7 Å². The first-order valence-corrected chi connectivity index (χ1v) is 6.92. The highest BCUT2D eigenvalue weighted by Gasteiger charge is 2.10. The third-order valence-electron chi connectivity index (χ3n) is 3.30. The van der Waals surface area contributed by atoms with Crippen molar-refractivity contribution in [2.45, 2.75) is 19.6 Å². The van der Waals surface area contributed by atoms with Crippen molar-refractivity contribution in [1.82, 2.24) is 0 Å². The van der Waals surface area contributed by atoms with E-state index in [1.54, 1.807) is 13.0 Å². The van der Waals surface area contributed by atoms with Gasteiger partial charge in [0.1, 0.15) is 12.4 Å². The van der Waals surface area contributed by atoms with Crippen LogP contribution in [0, 0.1) is 0 Å². The number of hydrogen-bond donors (Lipinski definition) is 1. The van der Waals surface area contributed by atoms with Gasteiger partial charge in [-0.25, -0.2) is 0 Å². The lowest BCUT2D eigenvalue weighted by Crippen LogP contribution is -2.01. The Balaban J connectivity index is 2.21. The second-order valence-electron chi connectivity index (χ2n) is 4.92. The van der Waals surface area contributed by atoms with Crippen LogP contribution in [-0.4, -0.2) is 5.11 Å². The van der Waals surface area contributed by atoms with Crippen molar-refractivity contribution in [2.75, 3.05) is 0 Å². The lowest BCUT2D eigenvalue weighted by atomic mass is 10.1. The van der Waals surface area contributed by atoms with E-state index in [0.717, 1.165) is 22.3 Å². The van der Waals surface area contributed by atoms with E-state index in [1.165, 1.54) is 0 Å². The van der Waals surface area contributed by atoms with Gasteiger partial charge in [-0.1, -0.05) is 55.6 Å². The monoisotopic (exact) mass is 280 g/mol. The molecule has 0 saturated heterocycles. The maximum absolute atomic E-state index is 9.83. The first-order chi connectivity index (χ1) is 10.1. The molecule has 0 aliphatic rings. The summed E-state index contributed by atoms with van der Waals surface area (Å²) in [6.07, 6.45) is 3.00. The van der Waals surface area contributed by atoms with E-state index in [-0.39, 0.29) is 0 Å². The highest BCUT2D eigenvalue weighted by atomic mass is 16.5. The highest BCUT2D eigenvalue weighted by Crippen LogP contribution is 2.27. The molecule has 0 aromatic heterocycles. The van der Waals surface area contributed by atoms with Gasteiger partial charge in [0.15, 0.2) is 0 Å². The molecular formula is C19H20O2. The zero-order chi connectivity index (χ0) is 15.2. The maximum atomic E-state index is 9.83. The Hall–Kier alpha value is -2.32. The van der Waals surface area contributed by atoms with Gasteiger partial charge in [-0.15, -0.1) is 0 Å². The molecule has 2 aromatic carbocycles. The van der Waals surface area contributed by atoms with Crippen LogP contribution >= 0.6 is 0 Å². The lowest BCUT2D eigenvalue weighted by Gasteiger charge is -2.14. The molecule has 2 aromatic rings. The summed E-state index contributed by atoms with van der Waals surface area (Å²) in [4.78, 5) is 0. The quantitative estimate of drug-likeness (QED) is 0.837. The molecule has 0 fully saturated rings. The van der Waals surface area contributed by atoms with Crippen molar-refractivity contribution in [3.05, 3.63) is 77.9 Å². The first-order valence-electron chi connectivity index (χ1n) is 6.92. The van der Waals surface area contributed by atoms with Crippen LogP contribution in [0.4, 0.5) is 0 Å². The summed E-state index contributed by atoms with van der Waals surface area (Å²) in [5.41, 5.74) is 3.87. The van der Waals surface area contributed by atoms with Gasteiger partial charge in [0.25, 0.3) is 0 Å². The number of ether oxygens (including phenoxy) is 1. The largest absolute Gasteiger partial charge is 0.489 e. The minimum Gasteiger partial charge on any atom is -0.489 e. The normalized spacial score (nSPS) is 11.7. The summed E-state index contributed by atoms with van der Waals surface area (Å²) in [6, 6.07) is 13.7. The van der Waals surface area contributed by atoms with Gasteiger partial charge in [0.05, 0.1) is 6.10 Å². The molecule has 1 atom stereocenters. The smallest absolute Gasteiger partial charge is 0.126 e. The fourth-order valence-corrected chi connectivity index (χ4v) is 2.12. The van der Waals surface area contributed by atoms with Crippen LogP contribution in [0.25, 0.3) is 12.2 Å². The van der Waals surface area contributed by atoms with E-state index in [0.29, 0.717) is 12.4 Å². The summed E-state index contributed by atoms with van der Waals surface area (Å²) in [5, 5.41) is 9.83. The van der Waals surface area contributed by atoms with Gasteiger partial charge >= 0.3 is 0 Å². The molecule has 0 radical (unpaired) electrons. The van der Waals surface area contributed by atoms with Crippen molar-refractivity contribution in [2.24, 2.45) is 0 Å². The van der Waals surface area contributed by atoms with Crippen LogP contribution < -0.4 is 4.74 Å². The zero-order valence-corrected chi connectivity index (χ0v) is 12.3.